The molecule has 0 unspecified atom stereocenters. The van der Waals surface area contributed by atoms with Crippen LogP contribution in [0.25, 0.3) is 10.9 Å². The van der Waals surface area contributed by atoms with Crippen molar-refractivity contribution in [2.45, 2.75) is 63.1 Å². The van der Waals surface area contributed by atoms with Gasteiger partial charge in [-0.25, -0.2) is 12.4 Å². The summed E-state index contributed by atoms with van der Waals surface area (Å²) in [5, 5.41) is 0.745. The molecule has 4 atom stereocenters. The second-order valence-corrected chi connectivity index (χ2v) is 11.1. The summed E-state index contributed by atoms with van der Waals surface area (Å²) in [5.41, 5.74) is 1.25. The van der Waals surface area contributed by atoms with Crippen molar-refractivity contribution in [1.29, 1.82) is 0 Å². The number of nitrogens with zero attached hydrogens (tertiary/aromatic N) is 1. The van der Waals surface area contributed by atoms with Gasteiger partial charge in [-0.2, -0.15) is 0 Å². The van der Waals surface area contributed by atoms with Gasteiger partial charge in [0.15, 0.2) is 12.4 Å². The largest absolute Gasteiger partial charge is 0.463 e. The third-order valence-corrected chi connectivity index (χ3v) is 7.98. The van der Waals surface area contributed by atoms with Crippen molar-refractivity contribution in [2.24, 2.45) is 0 Å². The molecule has 12 heteroatoms. The first-order valence-corrected chi connectivity index (χ1v) is 14.1. The van der Waals surface area contributed by atoms with E-state index in [1.54, 1.807) is 36.5 Å². The van der Waals surface area contributed by atoms with Gasteiger partial charge in [0.1, 0.15) is 18.8 Å². The van der Waals surface area contributed by atoms with Gasteiger partial charge in [0.25, 0.3) is 10.0 Å². The normalized spacial score (nSPS) is 21.1. The first kappa shape index (κ1) is 29.2. The van der Waals surface area contributed by atoms with Crippen LogP contribution in [0.4, 0.5) is 0 Å². The van der Waals surface area contributed by atoms with Gasteiger partial charge in [-0.1, -0.05) is 36.4 Å². The maximum atomic E-state index is 13.4. The Kier molecular flexibility index (Phi) is 9.23. The van der Waals surface area contributed by atoms with Crippen LogP contribution in [0.15, 0.2) is 65.7 Å². The predicted molar refractivity (Wildman–Crippen MR) is 142 cm³/mol. The van der Waals surface area contributed by atoms with E-state index in [-0.39, 0.29) is 24.5 Å². The molecule has 0 spiro atoms. The fourth-order valence-corrected chi connectivity index (χ4v) is 6.01. The number of aromatic nitrogens is 1. The molecular weight excluding hydrogens is 542 g/mol. The zero-order valence-electron chi connectivity index (χ0n) is 22.3. The van der Waals surface area contributed by atoms with Crippen molar-refractivity contribution >= 4 is 38.8 Å². The average molecular weight is 574 g/mol. The van der Waals surface area contributed by atoms with Gasteiger partial charge in [0.2, 0.25) is 0 Å². The van der Waals surface area contributed by atoms with Crippen LogP contribution >= 0.6 is 0 Å². The number of fused-ring (bicyclic) bond motifs is 1. The minimum Gasteiger partial charge on any atom is -0.463 e. The highest BCUT2D eigenvalue weighted by atomic mass is 32.2. The molecule has 0 N–H and O–H groups in total. The monoisotopic (exact) mass is 573 g/mol. The molecule has 1 aliphatic heterocycles. The van der Waals surface area contributed by atoms with Crippen molar-refractivity contribution in [3.8, 4) is 0 Å². The third-order valence-electron chi connectivity index (χ3n) is 6.29. The Morgan fingerprint density at radius 1 is 0.900 bits per heavy atom. The van der Waals surface area contributed by atoms with Gasteiger partial charge < -0.3 is 23.7 Å². The van der Waals surface area contributed by atoms with E-state index in [9.17, 15) is 22.8 Å². The Labute approximate surface area is 232 Å². The van der Waals surface area contributed by atoms with Gasteiger partial charge >= 0.3 is 17.9 Å². The summed E-state index contributed by atoms with van der Waals surface area (Å²) < 4.78 is 55.7. The number of benzene rings is 2. The van der Waals surface area contributed by atoms with Crippen LogP contribution in [0.3, 0.4) is 0 Å². The van der Waals surface area contributed by atoms with Crippen LogP contribution in [-0.4, -0.2) is 68.1 Å². The average Bonchev–Trinajstić information content (AvgIpc) is 3.28. The molecule has 40 heavy (non-hydrogen) atoms. The summed E-state index contributed by atoms with van der Waals surface area (Å²) in [6.07, 6.45) is -1.66. The Hall–Kier alpha value is -3.74. The quantitative estimate of drug-likeness (QED) is 0.263. The van der Waals surface area contributed by atoms with Gasteiger partial charge in [0, 0.05) is 38.8 Å². The van der Waals surface area contributed by atoms with Crippen LogP contribution in [0.1, 0.15) is 32.8 Å². The molecule has 0 saturated carbocycles. The Balaban J connectivity index is 1.53. The zero-order valence-corrected chi connectivity index (χ0v) is 23.2. The molecule has 1 fully saturated rings. The molecule has 2 heterocycles. The van der Waals surface area contributed by atoms with Crippen LogP contribution < -0.4 is 0 Å². The molecule has 11 nitrogen and oxygen atoms in total. The lowest BCUT2D eigenvalue weighted by molar-refractivity contribution is -0.277. The van der Waals surface area contributed by atoms with E-state index in [0.717, 1.165) is 10.9 Å². The fourth-order valence-electron chi connectivity index (χ4n) is 4.59. The van der Waals surface area contributed by atoms with Crippen molar-refractivity contribution in [1.82, 2.24) is 3.97 Å². The highest BCUT2D eigenvalue weighted by molar-refractivity contribution is 7.90. The van der Waals surface area contributed by atoms with E-state index in [0.29, 0.717) is 11.9 Å². The lowest BCUT2D eigenvalue weighted by Crippen LogP contribution is -2.53. The Bertz CT molecular complexity index is 1470. The smallest absolute Gasteiger partial charge is 0.303 e. The zero-order chi connectivity index (χ0) is 28.9. The number of ether oxygens (including phenoxy) is 5. The number of esters is 3. The maximum Gasteiger partial charge on any atom is 0.303 e. The van der Waals surface area contributed by atoms with Gasteiger partial charge in [0.05, 0.1) is 17.0 Å². The number of carbonyl (C=O) groups is 3. The van der Waals surface area contributed by atoms with Crippen molar-refractivity contribution < 1.29 is 46.5 Å². The van der Waals surface area contributed by atoms with E-state index in [4.69, 9.17) is 23.7 Å². The summed E-state index contributed by atoms with van der Waals surface area (Å²) in [7, 11) is -3.84. The first-order valence-electron chi connectivity index (χ1n) is 12.7. The predicted octanol–water partition coefficient (Wildman–Crippen LogP) is 2.98. The Morgan fingerprint density at radius 2 is 1.55 bits per heavy atom. The number of para-hydroxylation sites is 1. The molecule has 3 aromatic rings. The van der Waals surface area contributed by atoms with Crippen LogP contribution in [0, 0.1) is 0 Å². The van der Waals surface area contributed by atoms with E-state index < -0.39 is 52.5 Å². The van der Waals surface area contributed by atoms with Crippen molar-refractivity contribution in [2.75, 3.05) is 13.2 Å². The van der Waals surface area contributed by atoms with E-state index in [1.165, 1.54) is 36.9 Å². The van der Waals surface area contributed by atoms with Gasteiger partial charge in [-0.3, -0.25) is 14.4 Å². The molecule has 0 amide bonds. The second-order valence-electron chi connectivity index (χ2n) is 9.28. The fraction of sp³-hybridized carbons (Fsp3) is 0.393. The van der Waals surface area contributed by atoms with Gasteiger partial charge in [-0.05, 0) is 30.2 Å². The SMILES string of the molecule is CC(=O)OC[C@H]1O[C@@H](OCCc2cn(S(=O)(=O)c3ccccc3)c3ccccc23)[C@H](OC(C)=O)C[C@@H]1OC(C)=O. The molecular formula is C28H31NO10S. The minimum atomic E-state index is -3.84. The molecule has 0 radical (unpaired) electrons. The van der Waals surface area contributed by atoms with Gasteiger partial charge in [-0.15, -0.1) is 0 Å². The topological polar surface area (TPSA) is 136 Å². The summed E-state index contributed by atoms with van der Waals surface area (Å²) in [5.74, 6) is -1.67. The van der Waals surface area contributed by atoms with Crippen LogP contribution in [-0.2, 0) is 54.5 Å². The van der Waals surface area contributed by atoms with Crippen LogP contribution in [0.2, 0.25) is 0 Å². The second kappa shape index (κ2) is 12.6. The highest BCUT2D eigenvalue weighted by Gasteiger charge is 2.43. The standard InChI is InChI=1S/C28H31NO10S/c1-18(30)36-17-27-25(37-19(2)31)15-26(38-20(3)32)28(39-27)35-14-13-21-16-29(24-12-8-7-11-23(21)24)40(33,34)22-9-5-4-6-10-22/h4-12,16,25-28H,13-15,17H2,1-3H3/t25-,26+,27+,28+/m0/s1. The van der Waals surface area contributed by atoms with E-state index in [2.05, 4.69) is 0 Å². The lowest BCUT2D eigenvalue weighted by atomic mass is 10.0. The van der Waals surface area contributed by atoms with Crippen LogP contribution in [0.5, 0.6) is 0 Å². The summed E-state index contributed by atoms with van der Waals surface area (Å²) in [4.78, 5) is 34.9. The maximum absolute atomic E-state index is 13.4. The lowest BCUT2D eigenvalue weighted by Gasteiger charge is -2.39. The number of hydrogen-bond donors (Lipinski definition) is 0. The summed E-state index contributed by atoms with van der Waals surface area (Å²) in [6.45, 7) is 3.62. The molecule has 1 saturated heterocycles. The molecule has 0 bridgehead atoms. The summed E-state index contributed by atoms with van der Waals surface area (Å²) >= 11 is 0. The molecule has 214 valence electrons. The van der Waals surface area contributed by atoms with E-state index >= 15 is 0 Å². The third kappa shape index (κ3) is 6.87. The number of hydrogen-bond acceptors (Lipinski definition) is 10. The highest BCUT2D eigenvalue weighted by Crippen LogP contribution is 2.29. The summed E-state index contributed by atoms with van der Waals surface area (Å²) in [6, 6.07) is 15.3. The molecule has 2 aromatic carbocycles. The van der Waals surface area contributed by atoms with Crippen molar-refractivity contribution in [3.05, 3.63) is 66.4 Å². The number of carbonyl (C=O) groups excluding carboxylic acids is 3. The molecule has 1 aliphatic rings. The first-order chi connectivity index (χ1) is 19.1. The molecule has 4 rings (SSSR count). The minimum absolute atomic E-state index is 0.0738. The Morgan fingerprint density at radius 3 is 2.23 bits per heavy atom. The molecule has 1 aromatic heterocycles. The van der Waals surface area contributed by atoms with Crippen molar-refractivity contribution in [3.63, 3.8) is 0 Å². The molecule has 0 aliphatic carbocycles. The number of rotatable bonds is 10. The van der Waals surface area contributed by atoms with E-state index in [1.807, 2.05) is 12.1 Å².